The Morgan fingerprint density at radius 1 is 1.06 bits per heavy atom. The van der Waals surface area contributed by atoms with Crippen LogP contribution in [0, 0.1) is 22.0 Å². The SMILES string of the molecule is CC(=O)c1cc2c3c(c1)[C@@H]1C=CC[C@@H]1[C@H](c1cccc([N+](=O)[O-])c1)N3C[C@@H]1CC=C[C@@H]21. The standard InChI is InChI=1S/C26H24N2O3/c1-15(29)18-12-23-20-8-3-6-17(20)14-27-25(16-5-2-7-19(11-16)28(30)31)22-10-4-9-21(22)24(13-18)26(23)27/h2-5,7-9,11-13,17,20-22,25H,6,10,14H2,1H3/t17-,20+,21+,22-,25-/m0/s1. The third-order valence-electron chi connectivity index (χ3n) is 7.68. The summed E-state index contributed by atoms with van der Waals surface area (Å²) in [6.07, 6.45) is 11.1. The fraction of sp³-hybridized carbons (Fsp3) is 0.346. The Balaban J connectivity index is 1.58. The molecule has 0 bridgehead atoms. The van der Waals surface area contributed by atoms with Gasteiger partial charge in [0.1, 0.15) is 0 Å². The summed E-state index contributed by atoms with van der Waals surface area (Å²) < 4.78 is 0. The lowest BCUT2D eigenvalue weighted by Gasteiger charge is -2.51. The third-order valence-corrected chi connectivity index (χ3v) is 7.68. The molecule has 6 rings (SSSR count). The minimum absolute atomic E-state index is 0.0934. The average molecular weight is 412 g/mol. The molecule has 2 aromatic rings. The first-order valence-electron chi connectivity index (χ1n) is 11.1. The van der Waals surface area contributed by atoms with Crippen LogP contribution in [0.1, 0.15) is 64.7 Å². The van der Waals surface area contributed by atoms with Crippen molar-refractivity contribution in [3.63, 3.8) is 0 Å². The van der Waals surface area contributed by atoms with Crippen molar-refractivity contribution in [3.05, 3.63) is 93.1 Å². The summed E-state index contributed by atoms with van der Waals surface area (Å²) in [7, 11) is 0. The van der Waals surface area contributed by atoms with E-state index in [0.29, 0.717) is 17.8 Å². The van der Waals surface area contributed by atoms with Gasteiger partial charge in [0, 0.05) is 41.8 Å². The first-order valence-corrected chi connectivity index (χ1v) is 11.1. The fourth-order valence-corrected chi connectivity index (χ4v) is 6.38. The molecule has 2 aromatic carbocycles. The lowest BCUT2D eigenvalue weighted by molar-refractivity contribution is -0.384. The molecule has 0 amide bonds. The van der Waals surface area contributed by atoms with Gasteiger partial charge in [-0.1, -0.05) is 36.4 Å². The summed E-state index contributed by atoms with van der Waals surface area (Å²) in [5.41, 5.74) is 5.72. The van der Waals surface area contributed by atoms with E-state index in [4.69, 9.17) is 0 Å². The molecule has 5 nitrogen and oxygen atoms in total. The number of nitro groups is 1. The summed E-state index contributed by atoms with van der Waals surface area (Å²) in [5, 5.41) is 11.5. The molecule has 31 heavy (non-hydrogen) atoms. The normalized spacial score (nSPS) is 29.5. The molecule has 0 unspecified atom stereocenters. The van der Waals surface area contributed by atoms with Crippen LogP contribution in [-0.2, 0) is 0 Å². The van der Waals surface area contributed by atoms with Gasteiger partial charge in [0.25, 0.3) is 5.69 Å². The highest BCUT2D eigenvalue weighted by atomic mass is 16.6. The summed E-state index contributed by atoms with van der Waals surface area (Å²) >= 11 is 0. The number of carbonyl (C=O) groups excluding carboxylic acids is 1. The molecular formula is C26H24N2O3. The van der Waals surface area contributed by atoms with Gasteiger partial charge in [-0.25, -0.2) is 0 Å². The zero-order valence-electron chi connectivity index (χ0n) is 17.4. The number of hydrogen-bond acceptors (Lipinski definition) is 4. The second kappa shape index (κ2) is 6.64. The molecule has 5 heteroatoms. The van der Waals surface area contributed by atoms with E-state index in [1.54, 1.807) is 19.1 Å². The molecule has 0 saturated carbocycles. The summed E-state index contributed by atoms with van der Waals surface area (Å²) in [5.74, 6) is 1.48. The maximum absolute atomic E-state index is 12.4. The van der Waals surface area contributed by atoms with Gasteiger partial charge in [0.2, 0.25) is 0 Å². The van der Waals surface area contributed by atoms with Crippen LogP contribution in [0.5, 0.6) is 0 Å². The second-order valence-electron chi connectivity index (χ2n) is 9.31. The topological polar surface area (TPSA) is 63.4 Å². The van der Waals surface area contributed by atoms with E-state index in [0.717, 1.165) is 30.5 Å². The number of Topliss-reactive ketones (excluding diaryl/α,β-unsaturated/α-hetero) is 1. The summed E-state index contributed by atoms with van der Waals surface area (Å²) in [4.78, 5) is 26.0. The number of rotatable bonds is 3. The van der Waals surface area contributed by atoms with Gasteiger partial charge < -0.3 is 4.90 Å². The first kappa shape index (κ1) is 18.6. The molecular weight excluding hydrogens is 388 g/mol. The highest BCUT2D eigenvalue weighted by Crippen LogP contribution is 2.59. The Labute approximate surface area is 181 Å². The van der Waals surface area contributed by atoms with Gasteiger partial charge in [-0.2, -0.15) is 0 Å². The van der Waals surface area contributed by atoms with Gasteiger partial charge in [-0.15, -0.1) is 0 Å². The zero-order valence-corrected chi connectivity index (χ0v) is 17.4. The van der Waals surface area contributed by atoms with Crippen molar-refractivity contribution in [1.82, 2.24) is 0 Å². The Kier molecular flexibility index (Phi) is 3.98. The number of hydrogen-bond donors (Lipinski definition) is 0. The molecule has 0 radical (unpaired) electrons. The van der Waals surface area contributed by atoms with Gasteiger partial charge in [-0.05, 0) is 60.4 Å². The summed E-state index contributed by atoms with van der Waals surface area (Å²) in [6.45, 7) is 2.58. The van der Waals surface area contributed by atoms with Crippen LogP contribution in [-0.4, -0.2) is 17.3 Å². The molecule has 2 aliphatic heterocycles. The quantitative estimate of drug-likeness (QED) is 0.281. The molecule has 2 aliphatic carbocycles. The lowest BCUT2D eigenvalue weighted by atomic mass is 9.70. The summed E-state index contributed by atoms with van der Waals surface area (Å²) in [6, 6.07) is 11.5. The van der Waals surface area contributed by atoms with Crippen molar-refractivity contribution in [2.45, 2.75) is 37.6 Å². The zero-order chi connectivity index (χ0) is 21.3. The fourth-order valence-electron chi connectivity index (χ4n) is 6.38. The van der Waals surface area contributed by atoms with Crippen LogP contribution in [0.2, 0.25) is 0 Å². The molecule has 0 fully saturated rings. The van der Waals surface area contributed by atoms with E-state index in [1.807, 2.05) is 12.1 Å². The molecule has 0 aromatic heterocycles. The van der Waals surface area contributed by atoms with Gasteiger partial charge in [0.15, 0.2) is 5.78 Å². The number of nitro benzene ring substituents is 1. The maximum Gasteiger partial charge on any atom is 0.269 e. The number of allylic oxidation sites excluding steroid dienone is 4. The van der Waals surface area contributed by atoms with Crippen LogP contribution in [0.4, 0.5) is 11.4 Å². The van der Waals surface area contributed by atoms with Crippen molar-refractivity contribution in [3.8, 4) is 0 Å². The molecule has 4 aliphatic rings. The number of benzene rings is 2. The molecule has 156 valence electrons. The molecule has 5 atom stereocenters. The second-order valence-corrected chi connectivity index (χ2v) is 9.31. The van der Waals surface area contributed by atoms with E-state index < -0.39 is 0 Å². The van der Waals surface area contributed by atoms with E-state index in [2.05, 4.69) is 41.3 Å². The minimum atomic E-state index is -0.303. The predicted octanol–water partition coefficient (Wildman–Crippen LogP) is 5.69. The van der Waals surface area contributed by atoms with E-state index >= 15 is 0 Å². The van der Waals surface area contributed by atoms with Crippen LogP contribution in [0.3, 0.4) is 0 Å². The van der Waals surface area contributed by atoms with Crippen molar-refractivity contribution >= 4 is 17.2 Å². The highest BCUT2D eigenvalue weighted by molar-refractivity contribution is 5.96. The number of nitrogens with zero attached hydrogens (tertiary/aromatic N) is 2. The molecule has 0 N–H and O–H groups in total. The monoisotopic (exact) mass is 412 g/mol. The molecule has 0 spiro atoms. The highest BCUT2D eigenvalue weighted by Gasteiger charge is 2.48. The van der Waals surface area contributed by atoms with Gasteiger partial charge in [0.05, 0.1) is 11.0 Å². The maximum atomic E-state index is 12.4. The number of non-ortho nitro benzene ring substituents is 1. The van der Waals surface area contributed by atoms with E-state index in [9.17, 15) is 14.9 Å². The molecule has 0 saturated heterocycles. The Bertz CT molecular complexity index is 1160. The van der Waals surface area contributed by atoms with Crippen molar-refractivity contribution < 1.29 is 9.72 Å². The van der Waals surface area contributed by atoms with Gasteiger partial charge >= 0.3 is 0 Å². The van der Waals surface area contributed by atoms with Crippen molar-refractivity contribution in [2.75, 3.05) is 11.4 Å². The minimum Gasteiger partial charge on any atom is -0.363 e. The number of anilines is 1. The molecule has 2 heterocycles. The average Bonchev–Trinajstić information content (AvgIpc) is 3.43. The van der Waals surface area contributed by atoms with Crippen LogP contribution < -0.4 is 4.90 Å². The van der Waals surface area contributed by atoms with E-state index in [-0.39, 0.29) is 28.4 Å². The van der Waals surface area contributed by atoms with Gasteiger partial charge in [-0.3, -0.25) is 14.9 Å². The van der Waals surface area contributed by atoms with E-state index in [1.165, 1.54) is 16.8 Å². The Hall–Kier alpha value is -3.21. The largest absolute Gasteiger partial charge is 0.363 e. The number of ketones is 1. The Morgan fingerprint density at radius 2 is 1.81 bits per heavy atom. The first-order chi connectivity index (χ1) is 15.0. The number of carbonyl (C=O) groups is 1. The van der Waals surface area contributed by atoms with Crippen LogP contribution >= 0.6 is 0 Å². The van der Waals surface area contributed by atoms with Crippen LogP contribution in [0.25, 0.3) is 0 Å². The lowest BCUT2D eigenvalue weighted by Crippen LogP contribution is -2.46. The van der Waals surface area contributed by atoms with Crippen molar-refractivity contribution in [1.29, 1.82) is 0 Å². The third kappa shape index (κ3) is 2.65. The predicted molar refractivity (Wildman–Crippen MR) is 120 cm³/mol. The van der Waals surface area contributed by atoms with Crippen molar-refractivity contribution in [2.24, 2.45) is 11.8 Å². The Morgan fingerprint density at radius 3 is 2.58 bits per heavy atom. The smallest absolute Gasteiger partial charge is 0.269 e. The number of fused-ring (bicyclic) bond motifs is 4. The van der Waals surface area contributed by atoms with Crippen LogP contribution in [0.15, 0.2) is 60.7 Å².